The molecule has 2 aromatic heterocycles. The van der Waals surface area contributed by atoms with Gasteiger partial charge in [0.25, 0.3) is 5.56 Å². The van der Waals surface area contributed by atoms with E-state index in [2.05, 4.69) is 4.98 Å². The van der Waals surface area contributed by atoms with Gasteiger partial charge in [0.05, 0.1) is 10.6 Å². The number of aromatic nitrogens is 2. The summed E-state index contributed by atoms with van der Waals surface area (Å²) in [5, 5.41) is 1.74. The first kappa shape index (κ1) is 11.8. The standard InChI is InChI=1S/C10H7F3N2OS/c1-5-2-3-17-8(5)6-4-7(16)15-9(14-6)10(11,12)13/h2-4H,1H3,(H,14,15,16). The summed E-state index contributed by atoms with van der Waals surface area (Å²) in [6, 6.07) is 2.82. The van der Waals surface area contributed by atoms with Crippen molar-refractivity contribution in [3.63, 3.8) is 0 Å². The smallest absolute Gasteiger partial charge is 0.303 e. The molecule has 0 bridgehead atoms. The lowest BCUT2D eigenvalue weighted by Gasteiger charge is -2.06. The van der Waals surface area contributed by atoms with Crippen LogP contribution < -0.4 is 5.56 Å². The lowest BCUT2D eigenvalue weighted by molar-refractivity contribution is -0.145. The average molecular weight is 260 g/mol. The largest absolute Gasteiger partial charge is 0.449 e. The second kappa shape index (κ2) is 3.99. The number of nitrogens with one attached hydrogen (secondary N) is 1. The fourth-order valence-corrected chi connectivity index (χ4v) is 2.23. The third-order valence-electron chi connectivity index (χ3n) is 2.10. The first-order chi connectivity index (χ1) is 7.88. The number of thiophene rings is 1. The number of nitrogens with zero attached hydrogens (tertiary/aromatic N) is 1. The van der Waals surface area contributed by atoms with E-state index in [1.54, 1.807) is 23.4 Å². The second-order valence-corrected chi connectivity index (χ2v) is 4.33. The van der Waals surface area contributed by atoms with E-state index in [0.717, 1.165) is 11.6 Å². The molecule has 0 aromatic carbocycles. The fourth-order valence-electron chi connectivity index (χ4n) is 1.34. The molecule has 2 rings (SSSR count). The van der Waals surface area contributed by atoms with Crippen molar-refractivity contribution in [1.82, 2.24) is 9.97 Å². The number of aryl methyl sites for hydroxylation is 1. The van der Waals surface area contributed by atoms with Gasteiger partial charge in [0.2, 0.25) is 5.82 Å². The minimum absolute atomic E-state index is 0.0496. The van der Waals surface area contributed by atoms with Crippen molar-refractivity contribution >= 4 is 11.3 Å². The van der Waals surface area contributed by atoms with Crippen LogP contribution in [0.2, 0.25) is 0 Å². The number of aromatic amines is 1. The summed E-state index contributed by atoms with van der Waals surface area (Å²) in [7, 11) is 0. The molecule has 7 heteroatoms. The summed E-state index contributed by atoms with van der Waals surface area (Å²) in [4.78, 5) is 16.9. The van der Waals surface area contributed by atoms with Crippen molar-refractivity contribution in [2.75, 3.05) is 0 Å². The molecule has 0 spiro atoms. The van der Waals surface area contributed by atoms with Crippen LogP contribution in [-0.2, 0) is 6.18 Å². The Hall–Kier alpha value is -1.63. The lowest BCUT2D eigenvalue weighted by Crippen LogP contribution is -2.18. The van der Waals surface area contributed by atoms with Crippen molar-refractivity contribution < 1.29 is 13.2 Å². The van der Waals surface area contributed by atoms with Gasteiger partial charge in [-0.3, -0.25) is 4.79 Å². The van der Waals surface area contributed by atoms with Crippen LogP contribution in [0, 0.1) is 6.92 Å². The van der Waals surface area contributed by atoms with Crippen LogP contribution in [0.15, 0.2) is 22.3 Å². The van der Waals surface area contributed by atoms with E-state index in [1.165, 1.54) is 11.3 Å². The monoisotopic (exact) mass is 260 g/mol. The van der Waals surface area contributed by atoms with Gasteiger partial charge in [0.1, 0.15) is 0 Å². The SMILES string of the molecule is Cc1ccsc1-c1cc(=O)[nH]c(C(F)(F)F)n1. The zero-order chi connectivity index (χ0) is 12.6. The van der Waals surface area contributed by atoms with Crippen LogP contribution in [0.1, 0.15) is 11.4 Å². The third kappa shape index (κ3) is 2.38. The highest BCUT2D eigenvalue weighted by atomic mass is 32.1. The van der Waals surface area contributed by atoms with Crippen LogP contribution in [0.4, 0.5) is 13.2 Å². The van der Waals surface area contributed by atoms with Gasteiger partial charge in [-0.15, -0.1) is 11.3 Å². The van der Waals surface area contributed by atoms with Crippen molar-refractivity contribution in [2.24, 2.45) is 0 Å². The fraction of sp³-hybridized carbons (Fsp3) is 0.200. The molecule has 3 nitrogen and oxygen atoms in total. The Balaban J connectivity index is 2.61. The molecule has 0 fully saturated rings. The molecule has 0 unspecified atom stereocenters. The van der Waals surface area contributed by atoms with E-state index in [9.17, 15) is 18.0 Å². The van der Waals surface area contributed by atoms with E-state index in [1.807, 2.05) is 0 Å². The molecule has 0 saturated carbocycles. The summed E-state index contributed by atoms with van der Waals surface area (Å²) < 4.78 is 37.4. The average Bonchev–Trinajstić information content (AvgIpc) is 2.62. The van der Waals surface area contributed by atoms with Crippen LogP contribution in [0.5, 0.6) is 0 Å². The van der Waals surface area contributed by atoms with E-state index in [4.69, 9.17) is 0 Å². The number of hydrogen-bond acceptors (Lipinski definition) is 3. The molecular weight excluding hydrogens is 253 g/mol. The van der Waals surface area contributed by atoms with E-state index < -0.39 is 17.6 Å². The summed E-state index contributed by atoms with van der Waals surface area (Å²) in [6.07, 6.45) is -4.65. The van der Waals surface area contributed by atoms with Gasteiger partial charge in [-0.05, 0) is 23.9 Å². The predicted molar refractivity (Wildman–Crippen MR) is 57.9 cm³/mol. The van der Waals surface area contributed by atoms with E-state index in [-0.39, 0.29) is 5.69 Å². The Morgan fingerprint density at radius 1 is 1.41 bits per heavy atom. The highest BCUT2D eigenvalue weighted by Gasteiger charge is 2.34. The summed E-state index contributed by atoms with van der Waals surface area (Å²) in [5.41, 5.74) is 0.0323. The highest BCUT2D eigenvalue weighted by Crippen LogP contribution is 2.30. The maximum absolute atomic E-state index is 12.5. The minimum atomic E-state index is -4.65. The normalized spacial score (nSPS) is 11.8. The van der Waals surface area contributed by atoms with E-state index >= 15 is 0 Å². The molecule has 17 heavy (non-hydrogen) atoms. The lowest BCUT2D eigenvalue weighted by atomic mass is 10.2. The number of rotatable bonds is 1. The van der Waals surface area contributed by atoms with Gasteiger partial charge in [-0.1, -0.05) is 0 Å². The van der Waals surface area contributed by atoms with Crippen LogP contribution in [0.3, 0.4) is 0 Å². The van der Waals surface area contributed by atoms with Crippen molar-refractivity contribution in [3.8, 4) is 10.6 Å². The Bertz CT molecular complexity index is 600. The first-order valence-electron chi connectivity index (χ1n) is 4.61. The topological polar surface area (TPSA) is 45.8 Å². The Morgan fingerprint density at radius 3 is 2.65 bits per heavy atom. The summed E-state index contributed by atoms with van der Waals surface area (Å²) >= 11 is 1.25. The maximum Gasteiger partial charge on any atom is 0.449 e. The van der Waals surface area contributed by atoms with Gasteiger partial charge in [0, 0.05) is 6.07 Å². The molecule has 0 atom stereocenters. The molecular formula is C10H7F3N2OS. The molecule has 0 saturated heterocycles. The molecule has 2 heterocycles. The summed E-state index contributed by atoms with van der Waals surface area (Å²) in [6.45, 7) is 1.75. The summed E-state index contributed by atoms with van der Waals surface area (Å²) in [5.74, 6) is -1.27. The highest BCUT2D eigenvalue weighted by molar-refractivity contribution is 7.13. The van der Waals surface area contributed by atoms with Crippen molar-refractivity contribution in [1.29, 1.82) is 0 Å². The number of alkyl halides is 3. The zero-order valence-corrected chi connectivity index (χ0v) is 9.45. The number of hydrogen-bond donors (Lipinski definition) is 1. The van der Waals surface area contributed by atoms with Gasteiger partial charge in [0.15, 0.2) is 0 Å². The minimum Gasteiger partial charge on any atom is -0.303 e. The molecule has 1 N–H and O–H groups in total. The van der Waals surface area contributed by atoms with Crippen molar-refractivity contribution in [2.45, 2.75) is 13.1 Å². The Morgan fingerprint density at radius 2 is 2.12 bits per heavy atom. The Kier molecular flexibility index (Phi) is 2.78. The van der Waals surface area contributed by atoms with Gasteiger partial charge in [-0.25, -0.2) is 4.98 Å². The maximum atomic E-state index is 12.5. The molecule has 2 aromatic rings. The van der Waals surface area contributed by atoms with Gasteiger partial charge < -0.3 is 4.98 Å². The van der Waals surface area contributed by atoms with Crippen LogP contribution in [0.25, 0.3) is 10.6 Å². The van der Waals surface area contributed by atoms with Crippen LogP contribution >= 0.6 is 11.3 Å². The molecule has 0 aliphatic rings. The zero-order valence-electron chi connectivity index (χ0n) is 8.63. The second-order valence-electron chi connectivity index (χ2n) is 3.41. The van der Waals surface area contributed by atoms with Crippen molar-refractivity contribution in [3.05, 3.63) is 39.3 Å². The van der Waals surface area contributed by atoms with E-state index in [0.29, 0.717) is 4.88 Å². The van der Waals surface area contributed by atoms with Gasteiger partial charge in [-0.2, -0.15) is 13.2 Å². The number of H-pyrrole nitrogens is 1. The molecule has 0 aliphatic heterocycles. The van der Waals surface area contributed by atoms with Gasteiger partial charge >= 0.3 is 6.18 Å². The number of halogens is 3. The predicted octanol–water partition coefficient (Wildman–Crippen LogP) is 2.83. The van der Waals surface area contributed by atoms with Crippen LogP contribution in [-0.4, -0.2) is 9.97 Å². The first-order valence-corrected chi connectivity index (χ1v) is 5.49. The third-order valence-corrected chi connectivity index (χ3v) is 3.14. The Labute approximate surface area is 98.0 Å². The molecule has 0 aliphatic carbocycles. The molecule has 90 valence electrons. The molecule has 0 radical (unpaired) electrons. The molecule has 0 amide bonds. The quantitative estimate of drug-likeness (QED) is 0.857.